The number of nitrogens with zero attached hydrogens (tertiary/aromatic N) is 1. The van der Waals surface area contributed by atoms with Gasteiger partial charge in [0, 0.05) is 12.5 Å². The van der Waals surface area contributed by atoms with Crippen molar-refractivity contribution < 1.29 is 0 Å². The van der Waals surface area contributed by atoms with E-state index in [4.69, 9.17) is 5.73 Å². The Balaban J connectivity index is 2.74. The molecule has 4 heteroatoms. The highest BCUT2D eigenvalue weighted by Crippen LogP contribution is 2.21. The molecule has 0 saturated carbocycles. The van der Waals surface area contributed by atoms with Crippen molar-refractivity contribution in [3.63, 3.8) is 0 Å². The molecule has 0 aromatic carbocycles. The minimum atomic E-state index is 0.411. The molecule has 0 aliphatic carbocycles. The van der Waals surface area contributed by atoms with Crippen LogP contribution in [0.5, 0.6) is 0 Å². The topological polar surface area (TPSA) is 38.9 Å². The van der Waals surface area contributed by atoms with Gasteiger partial charge in [0.05, 0.1) is 14.1 Å². The van der Waals surface area contributed by atoms with Gasteiger partial charge in [-0.2, -0.15) is 0 Å². The zero-order chi connectivity index (χ0) is 7.56. The SMILES string of the molecule is CC(CN)c1ncc(I)s1. The van der Waals surface area contributed by atoms with Gasteiger partial charge < -0.3 is 5.73 Å². The predicted octanol–water partition coefficient (Wildman–Crippen LogP) is 1.81. The molecule has 0 saturated heterocycles. The summed E-state index contributed by atoms with van der Waals surface area (Å²) < 4.78 is 1.23. The molecule has 0 fully saturated rings. The third kappa shape index (κ3) is 1.90. The van der Waals surface area contributed by atoms with Gasteiger partial charge in [-0.15, -0.1) is 11.3 Å². The monoisotopic (exact) mass is 268 g/mol. The number of nitrogens with two attached hydrogens (primary N) is 1. The molecule has 10 heavy (non-hydrogen) atoms. The summed E-state index contributed by atoms with van der Waals surface area (Å²) in [4.78, 5) is 4.22. The van der Waals surface area contributed by atoms with Crippen LogP contribution in [0.2, 0.25) is 0 Å². The molecule has 56 valence electrons. The number of thiazole rings is 1. The second kappa shape index (κ2) is 3.64. The lowest BCUT2D eigenvalue weighted by atomic mass is 10.2. The molecule has 2 N–H and O–H groups in total. The molecule has 1 unspecified atom stereocenters. The second-order valence-corrected chi connectivity index (χ2v) is 5.10. The summed E-state index contributed by atoms with van der Waals surface area (Å²) >= 11 is 3.98. The van der Waals surface area contributed by atoms with Crippen molar-refractivity contribution in [2.45, 2.75) is 12.8 Å². The molecule has 0 spiro atoms. The van der Waals surface area contributed by atoms with E-state index in [1.807, 2.05) is 6.20 Å². The van der Waals surface area contributed by atoms with E-state index in [-0.39, 0.29) is 0 Å². The smallest absolute Gasteiger partial charge is 0.0976 e. The maximum absolute atomic E-state index is 5.48. The van der Waals surface area contributed by atoms with E-state index < -0.39 is 0 Å². The maximum Gasteiger partial charge on any atom is 0.0976 e. The predicted molar refractivity (Wildman–Crippen MR) is 52.3 cm³/mol. The summed E-state index contributed by atoms with van der Waals surface area (Å²) in [5, 5.41) is 1.15. The van der Waals surface area contributed by atoms with Crippen molar-refractivity contribution in [1.82, 2.24) is 4.98 Å². The Kier molecular flexibility index (Phi) is 3.06. The fraction of sp³-hybridized carbons (Fsp3) is 0.500. The van der Waals surface area contributed by atoms with E-state index in [9.17, 15) is 0 Å². The van der Waals surface area contributed by atoms with E-state index in [2.05, 4.69) is 34.5 Å². The van der Waals surface area contributed by atoms with Crippen LogP contribution < -0.4 is 5.73 Å². The largest absolute Gasteiger partial charge is 0.330 e. The van der Waals surface area contributed by atoms with Crippen molar-refractivity contribution >= 4 is 33.9 Å². The van der Waals surface area contributed by atoms with Gasteiger partial charge >= 0.3 is 0 Å². The summed E-state index contributed by atoms with van der Waals surface area (Å²) in [6.45, 7) is 2.78. The molecule has 1 aromatic rings. The molecule has 1 heterocycles. The lowest BCUT2D eigenvalue weighted by Gasteiger charge is -2.00. The van der Waals surface area contributed by atoms with Crippen molar-refractivity contribution in [2.24, 2.45) is 5.73 Å². The minimum Gasteiger partial charge on any atom is -0.330 e. The minimum absolute atomic E-state index is 0.411. The number of halogens is 1. The van der Waals surface area contributed by atoms with E-state index in [0.29, 0.717) is 12.5 Å². The van der Waals surface area contributed by atoms with Crippen molar-refractivity contribution in [1.29, 1.82) is 0 Å². The normalized spacial score (nSPS) is 13.5. The van der Waals surface area contributed by atoms with Crippen LogP contribution in [0.25, 0.3) is 0 Å². The third-order valence-electron chi connectivity index (χ3n) is 1.27. The molecular weight excluding hydrogens is 259 g/mol. The summed E-state index contributed by atoms with van der Waals surface area (Å²) in [7, 11) is 0. The molecule has 1 atom stereocenters. The van der Waals surface area contributed by atoms with E-state index in [1.54, 1.807) is 11.3 Å². The van der Waals surface area contributed by atoms with Gasteiger partial charge in [-0.25, -0.2) is 4.98 Å². The van der Waals surface area contributed by atoms with E-state index in [1.165, 1.54) is 2.88 Å². The lowest BCUT2D eigenvalue weighted by Crippen LogP contribution is -2.08. The Morgan fingerprint density at radius 3 is 3.00 bits per heavy atom. The van der Waals surface area contributed by atoms with Crippen molar-refractivity contribution in [3.8, 4) is 0 Å². The van der Waals surface area contributed by atoms with Crippen LogP contribution in [-0.2, 0) is 0 Å². The standard InChI is InChI=1S/C6H9IN2S/c1-4(2-8)6-9-3-5(7)10-6/h3-4H,2,8H2,1H3. The highest BCUT2D eigenvalue weighted by Gasteiger charge is 2.06. The Labute approximate surface area is 78.0 Å². The van der Waals surface area contributed by atoms with Crippen molar-refractivity contribution in [3.05, 3.63) is 14.1 Å². The highest BCUT2D eigenvalue weighted by atomic mass is 127. The van der Waals surface area contributed by atoms with Gasteiger partial charge in [-0.3, -0.25) is 0 Å². The van der Waals surface area contributed by atoms with Gasteiger partial charge in [0.15, 0.2) is 0 Å². The van der Waals surface area contributed by atoms with Crippen LogP contribution >= 0.6 is 33.9 Å². The van der Waals surface area contributed by atoms with Crippen LogP contribution in [0.1, 0.15) is 17.8 Å². The summed E-state index contributed by atoms with van der Waals surface area (Å²) in [5.41, 5.74) is 5.48. The third-order valence-corrected chi connectivity index (χ3v) is 3.23. The molecule has 0 bridgehead atoms. The van der Waals surface area contributed by atoms with E-state index in [0.717, 1.165) is 5.01 Å². The number of rotatable bonds is 2. The van der Waals surface area contributed by atoms with Crippen molar-refractivity contribution in [2.75, 3.05) is 6.54 Å². The molecule has 0 amide bonds. The van der Waals surface area contributed by atoms with Crippen LogP contribution in [0, 0.1) is 2.88 Å². The molecule has 0 radical (unpaired) electrons. The first-order chi connectivity index (χ1) is 4.74. The second-order valence-electron chi connectivity index (χ2n) is 2.14. The molecule has 1 rings (SSSR count). The average Bonchev–Trinajstić information content (AvgIpc) is 2.34. The van der Waals surface area contributed by atoms with Crippen LogP contribution in [0.4, 0.5) is 0 Å². The zero-order valence-corrected chi connectivity index (χ0v) is 8.65. The van der Waals surface area contributed by atoms with Gasteiger partial charge in [0.1, 0.15) is 0 Å². The first-order valence-electron chi connectivity index (χ1n) is 3.05. The maximum atomic E-state index is 5.48. The molecule has 0 aliphatic heterocycles. The average molecular weight is 268 g/mol. The molecule has 2 nitrogen and oxygen atoms in total. The van der Waals surface area contributed by atoms with Crippen LogP contribution in [-0.4, -0.2) is 11.5 Å². The Hall–Kier alpha value is 0.320. The van der Waals surface area contributed by atoms with E-state index >= 15 is 0 Å². The van der Waals surface area contributed by atoms with Gasteiger partial charge in [0.2, 0.25) is 0 Å². The number of aromatic nitrogens is 1. The molecule has 1 aromatic heterocycles. The lowest BCUT2D eigenvalue weighted by molar-refractivity contribution is 0.766. The first-order valence-corrected chi connectivity index (χ1v) is 4.95. The first kappa shape index (κ1) is 8.42. The summed E-state index contributed by atoms with van der Waals surface area (Å²) in [6, 6.07) is 0. The highest BCUT2D eigenvalue weighted by molar-refractivity contribution is 14.1. The Bertz CT molecular complexity index is 211. The Morgan fingerprint density at radius 1 is 1.90 bits per heavy atom. The number of hydrogen-bond donors (Lipinski definition) is 1. The Morgan fingerprint density at radius 2 is 2.60 bits per heavy atom. The number of hydrogen-bond acceptors (Lipinski definition) is 3. The fourth-order valence-electron chi connectivity index (χ4n) is 0.596. The summed E-state index contributed by atoms with van der Waals surface area (Å²) in [6.07, 6.45) is 1.88. The van der Waals surface area contributed by atoms with Gasteiger partial charge in [0.25, 0.3) is 0 Å². The van der Waals surface area contributed by atoms with Crippen LogP contribution in [0.15, 0.2) is 6.20 Å². The van der Waals surface area contributed by atoms with Crippen LogP contribution in [0.3, 0.4) is 0 Å². The molecular formula is C6H9IN2S. The van der Waals surface area contributed by atoms with Gasteiger partial charge in [-0.05, 0) is 22.6 Å². The zero-order valence-electron chi connectivity index (χ0n) is 5.67. The quantitative estimate of drug-likeness (QED) is 0.831. The summed E-state index contributed by atoms with van der Waals surface area (Å²) in [5.74, 6) is 0.411. The molecule has 0 aliphatic rings. The van der Waals surface area contributed by atoms with Gasteiger partial charge in [-0.1, -0.05) is 6.92 Å². The fourth-order valence-corrected chi connectivity index (χ4v) is 2.12.